The zero-order chi connectivity index (χ0) is 6.85. The molecule has 1 fully saturated rings. The third-order valence-electron chi connectivity index (χ3n) is 1.08. The number of carboxylic acids is 1. The van der Waals surface area contributed by atoms with E-state index in [0.29, 0.717) is 0 Å². The lowest BCUT2D eigenvalue weighted by molar-refractivity contribution is -0.141. The molecule has 1 atom stereocenters. The molecule has 0 amide bonds. The van der Waals surface area contributed by atoms with Gasteiger partial charge in [0.2, 0.25) is 0 Å². The first kappa shape index (κ1) is 6.18. The summed E-state index contributed by atoms with van der Waals surface area (Å²) in [5.74, 6) is -1.47. The van der Waals surface area contributed by atoms with E-state index in [2.05, 4.69) is 10.9 Å². The van der Waals surface area contributed by atoms with Crippen LogP contribution in [0, 0.1) is 0 Å². The average Bonchev–Trinajstić information content (AvgIpc) is 2.13. The second-order valence-corrected chi connectivity index (χ2v) is 1.74. The summed E-state index contributed by atoms with van der Waals surface area (Å²) in [5.41, 5.74) is 4.73. The van der Waals surface area contributed by atoms with Gasteiger partial charge in [-0.2, -0.15) is 0 Å². The van der Waals surface area contributed by atoms with Gasteiger partial charge in [0.05, 0.1) is 6.54 Å². The van der Waals surface area contributed by atoms with E-state index in [4.69, 9.17) is 5.11 Å². The highest BCUT2D eigenvalue weighted by Gasteiger charge is 2.29. The van der Waals surface area contributed by atoms with E-state index in [-0.39, 0.29) is 12.3 Å². The number of hydrazine groups is 1. The van der Waals surface area contributed by atoms with Crippen LogP contribution < -0.4 is 10.9 Å². The predicted molar refractivity (Wildman–Crippen MR) is 27.6 cm³/mol. The van der Waals surface area contributed by atoms with Crippen LogP contribution in [0.5, 0.6) is 0 Å². The summed E-state index contributed by atoms with van der Waals surface area (Å²) in [5, 5.41) is 8.26. The van der Waals surface area contributed by atoms with Crippen molar-refractivity contribution in [2.24, 2.45) is 0 Å². The van der Waals surface area contributed by atoms with E-state index in [9.17, 15) is 9.59 Å². The minimum atomic E-state index is -1.13. The molecule has 5 heteroatoms. The van der Waals surface area contributed by atoms with Gasteiger partial charge >= 0.3 is 5.97 Å². The second kappa shape index (κ2) is 2.12. The van der Waals surface area contributed by atoms with Gasteiger partial charge in [-0.05, 0) is 0 Å². The molecule has 0 spiro atoms. The van der Waals surface area contributed by atoms with Crippen molar-refractivity contribution in [3.05, 3.63) is 0 Å². The molecule has 0 aromatic rings. The van der Waals surface area contributed by atoms with Crippen LogP contribution in [0.2, 0.25) is 0 Å². The van der Waals surface area contributed by atoms with Gasteiger partial charge in [0.25, 0.3) is 0 Å². The third-order valence-corrected chi connectivity index (χ3v) is 1.08. The Morgan fingerprint density at radius 1 is 1.78 bits per heavy atom. The fraction of sp³-hybridized carbons (Fsp3) is 0.500. The van der Waals surface area contributed by atoms with Crippen molar-refractivity contribution in [3.8, 4) is 0 Å². The first-order valence-electron chi connectivity index (χ1n) is 2.45. The standard InChI is InChI=1S/C4H6N2O3/c7-2-1-5-6-3(2)4(8)9/h3,5-6H,1H2,(H,8,9). The van der Waals surface area contributed by atoms with E-state index >= 15 is 0 Å². The van der Waals surface area contributed by atoms with Gasteiger partial charge < -0.3 is 5.11 Å². The molecule has 1 rings (SSSR count). The Hall–Kier alpha value is -0.940. The highest BCUT2D eigenvalue weighted by Crippen LogP contribution is 1.89. The fourth-order valence-corrected chi connectivity index (χ4v) is 0.622. The van der Waals surface area contributed by atoms with Crippen molar-refractivity contribution in [1.82, 2.24) is 10.9 Å². The van der Waals surface area contributed by atoms with Gasteiger partial charge in [-0.1, -0.05) is 0 Å². The number of ketones is 1. The highest BCUT2D eigenvalue weighted by molar-refractivity contribution is 6.04. The molecule has 50 valence electrons. The van der Waals surface area contributed by atoms with E-state index < -0.39 is 12.0 Å². The lowest BCUT2D eigenvalue weighted by Gasteiger charge is -1.97. The molecule has 0 radical (unpaired) electrons. The molecule has 1 aliphatic rings. The number of nitrogens with one attached hydrogen (secondary N) is 2. The van der Waals surface area contributed by atoms with Gasteiger partial charge in [0, 0.05) is 0 Å². The van der Waals surface area contributed by atoms with Crippen LogP contribution in [0.4, 0.5) is 0 Å². The lowest BCUT2D eigenvalue weighted by Crippen LogP contribution is -2.38. The monoisotopic (exact) mass is 130 g/mol. The Bertz CT molecular complexity index is 156. The van der Waals surface area contributed by atoms with Crippen molar-refractivity contribution in [2.45, 2.75) is 6.04 Å². The SMILES string of the molecule is O=C(O)C1NNCC1=O. The zero-order valence-corrected chi connectivity index (χ0v) is 4.55. The van der Waals surface area contributed by atoms with Crippen molar-refractivity contribution in [3.63, 3.8) is 0 Å². The first-order valence-corrected chi connectivity index (χ1v) is 2.45. The molecule has 0 aromatic heterocycles. The number of carboxylic acid groups (broad SMARTS) is 1. The Morgan fingerprint density at radius 3 is 2.67 bits per heavy atom. The van der Waals surface area contributed by atoms with E-state index in [1.54, 1.807) is 0 Å². The van der Waals surface area contributed by atoms with Crippen molar-refractivity contribution in [1.29, 1.82) is 0 Å². The molecule has 0 bridgehead atoms. The number of aliphatic carboxylic acids is 1. The Labute approximate surface area is 51.0 Å². The number of carbonyl (C=O) groups is 2. The van der Waals surface area contributed by atoms with Crippen molar-refractivity contribution >= 4 is 11.8 Å². The predicted octanol–water partition coefficient (Wildman–Crippen LogP) is -1.88. The van der Waals surface area contributed by atoms with Crippen molar-refractivity contribution < 1.29 is 14.7 Å². The van der Waals surface area contributed by atoms with Crippen molar-refractivity contribution in [2.75, 3.05) is 6.54 Å². The smallest absolute Gasteiger partial charge is 0.329 e. The zero-order valence-electron chi connectivity index (χ0n) is 4.55. The van der Waals surface area contributed by atoms with Crippen LogP contribution in [0.3, 0.4) is 0 Å². The summed E-state index contributed by atoms with van der Waals surface area (Å²) >= 11 is 0. The van der Waals surface area contributed by atoms with Crippen LogP contribution in [-0.4, -0.2) is 29.4 Å². The van der Waals surface area contributed by atoms with Gasteiger partial charge in [0.1, 0.15) is 0 Å². The molecule has 1 unspecified atom stereocenters. The molecule has 1 heterocycles. The summed E-state index contributed by atoms with van der Waals surface area (Å²) in [4.78, 5) is 20.6. The van der Waals surface area contributed by atoms with Crippen LogP contribution >= 0.6 is 0 Å². The summed E-state index contributed by atoms with van der Waals surface area (Å²) in [6.07, 6.45) is 0. The lowest BCUT2D eigenvalue weighted by atomic mass is 10.2. The van der Waals surface area contributed by atoms with Crippen LogP contribution in [0.1, 0.15) is 0 Å². The van der Waals surface area contributed by atoms with E-state index in [0.717, 1.165) is 0 Å². The number of Topliss-reactive ketones (excluding diaryl/α,β-unsaturated/α-hetero) is 1. The number of rotatable bonds is 1. The van der Waals surface area contributed by atoms with E-state index in [1.165, 1.54) is 0 Å². The summed E-state index contributed by atoms with van der Waals surface area (Å²) in [6.45, 7) is 0.0942. The summed E-state index contributed by atoms with van der Waals surface area (Å²) in [6, 6.07) is -1.05. The number of carbonyl (C=O) groups excluding carboxylic acids is 1. The number of hydrogen-bond acceptors (Lipinski definition) is 4. The van der Waals surface area contributed by atoms with Gasteiger partial charge in [-0.25, -0.2) is 15.6 Å². The van der Waals surface area contributed by atoms with Gasteiger partial charge in [0.15, 0.2) is 11.8 Å². The summed E-state index contributed by atoms with van der Waals surface area (Å²) in [7, 11) is 0. The normalized spacial score (nSPS) is 26.7. The Balaban J connectivity index is 2.60. The topological polar surface area (TPSA) is 78.4 Å². The quantitative estimate of drug-likeness (QED) is 0.362. The molecule has 0 aliphatic carbocycles. The van der Waals surface area contributed by atoms with E-state index in [1.807, 2.05) is 0 Å². The maximum atomic E-state index is 10.5. The maximum Gasteiger partial charge on any atom is 0.329 e. The molecule has 1 saturated heterocycles. The molecular formula is C4H6N2O3. The average molecular weight is 130 g/mol. The molecule has 3 N–H and O–H groups in total. The molecule has 0 aromatic carbocycles. The molecular weight excluding hydrogens is 124 g/mol. The fourth-order valence-electron chi connectivity index (χ4n) is 0.622. The summed E-state index contributed by atoms with van der Waals surface area (Å²) < 4.78 is 0. The first-order chi connectivity index (χ1) is 4.22. The Morgan fingerprint density at radius 2 is 2.44 bits per heavy atom. The van der Waals surface area contributed by atoms with Gasteiger partial charge in [-0.15, -0.1) is 0 Å². The number of hydrogen-bond donors (Lipinski definition) is 3. The van der Waals surface area contributed by atoms with Crippen LogP contribution in [0.25, 0.3) is 0 Å². The molecule has 0 saturated carbocycles. The second-order valence-electron chi connectivity index (χ2n) is 1.74. The maximum absolute atomic E-state index is 10.5. The van der Waals surface area contributed by atoms with Crippen LogP contribution in [0.15, 0.2) is 0 Å². The molecule has 5 nitrogen and oxygen atoms in total. The minimum absolute atomic E-state index is 0.0942. The highest BCUT2D eigenvalue weighted by atomic mass is 16.4. The van der Waals surface area contributed by atoms with Gasteiger partial charge in [-0.3, -0.25) is 4.79 Å². The molecule has 1 aliphatic heterocycles. The third kappa shape index (κ3) is 1.06. The largest absolute Gasteiger partial charge is 0.480 e. The Kier molecular flexibility index (Phi) is 1.46. The van der Waals surface area contributed by atoms with Crippen LogP contribution in [-0.2, 0) is 9.59 Å². The molecule has 9 heavy (non-hydrogen) atoms. The minimum Gasteiger partial charge on any atom is -0.480 e.